The van der Waals surface area contributed by atoms with Crippen LogP contribution in [0.25, 0.3) is 16.7 Å². The van der Waals surface area contributed by atoms with E-state index in [2.05, 4.69) is 51.4 Å². The van der Waals surface area contributed by atoms with Gasteiger partial charge in [0.2, 0.25) is 0 Å². The summed E-state index contributed by atoms with van der Waals surface area (Å²) in [4.78, 5) is 13.0. The molecule has 0 unspecified atom stereocenters. The summed E-state index contributed by atoms with van der Waals surface area (Å²) < 4.78 is 5.21. The zero-order valence-corrected chi connectivity index (χ0v) is 19.3. The smallest absolute Gasteiger partial charge is 0.330 e. The van der Waals surface area contributed by atoms with Gasteiger partial charge in [-0.1, -0.05) is 52.8 Å². The zero-order chi connectivity index (χ0) is 23.0. The Balaban J connectivity index is 2.15. The molecule has 164 valence electrons. The van der Waals surface area contributed by atoms with Crippen molar-refractivity contribution in [3.63, 3.8) is 0 Å². The molecule has 0 fully saturated rings. The van der Waals surface area contributed by atoms with Gasteiger partial charge in [0.25, 0.3) is 0 Å². The quantitative estimate of drug-likeness (QED) is 0.391. The number of phenols is 1. The Labute approximate surface area is 187 Å². The van der Waals surface area contributed by atoms with Crippen LogP contribution in [-0.2, 0) is 21.6 Å². The number of rotatable bonds is 6. The molecule has 1 aromatic heterocycles. The van der Waals surface area contributed by atoms with Crippen molar-refractivity contribution in [2.24, 2.45) is 5.41 Å². The molecule has 0 atom stereocenters. The molecule has 0 spiro atoms. The largest absolute Gasteiger partial charge is 0.505 e. The van der Waals surface area contributed by atoms with Crippen LogP contribution >= 0.6 is 11.6 Å². The van der Waals surface area contributed by atoms with E-state index in [0.717, 1.165) is 18.1 Å². The maximum Gasteiger partial charge on any atom is 0.330 e. The highest BCUT2D eigenvalue weighted by atomic mass is 35.5. The van der Waals surface area contributed by atoms with E-state index in [1.54, 1.807) is 18.2 Å². The summed E-state index contributed by atoms with van der Waals surface area (Å²) in [5, 5.41) is 20.5. The van der Waals surface area contributed by atoms with Gasteiger partial charge in [0, 0.05) is 16.7 Å². The van der Waals surface area contributed by atoms with E-state index in [1.165, 1.54) is 4.80 Å². The normalized spacial score (nSPS) is 12.2. The second kappa shape index (κ2) is 8.35. The van der Waals surface area contributed by atoms with Crippen molar-refractivity contribution in [2.75, 3.05) is 0 Å². The summed E-state index contributed by atoms with van der Waals surface area (Å²) in [5.41, 5.74) is 3.02. The Morgan fingerprint density at radius 3 is 2.48 bits per heavy atom. The molecule has 6 nitrogen and oxygen atoms in total. The van der Waals surface area contributed by atoms with Crippen LogP contribution in [0.3, 0.4) is 0 Å². The number of halogens is 1. The van der Waals surface area contributed by atoms with Crippen LogP contribution in [0.15, 0.2) is 43.0 Å². The molecule has 0 radical (unpaired) electrons. The fourth-order valence-electron chi connectivity index (χ4n) is 3.96. The summed E-state index contributed by atoms with van der Waals surface area (Å²) in [6, 6.07) is 9.00. The molecule has 0 amide bonds. The number of carbonyl (C=O) groups is 1. The Hall–Kier alpha value is -2.86. The molecule has 3 rings (SSSR count). The monoisotopic (exact) mass is 441 g/mol. The number of aromatic hydroxyl groups is 1. The molecule has 3 aromatic rings. The highest BCUT2D eigenvalue weighted by molar-refractivity contribution is 6.31. The molecule has 1 heterocycles. The van der Waals surface area contributed by atoms with Gasteiger partial charge in [0.15, 0.2) is 0 Å². The van der Waals surface area contributed by atoms with E-state index in [1.807, 2.05) is 12.1 Å². The average Bonchev–Trinajstić information content (AvgIpc) is 3.07. The molecule has 7 heteroatoms. The van der Waals surface area contributed by atoms with Crippen molar-refractivity contribution in [1.82, 2.24) is 15.0 Å². The molecule has 0 saturated heterocycles. The van der Waals surface area contributed by atoms with Crippen LogP contribution in [0, 0.1) is 5.41 Å². The van der Waals surface area contributed by atoms with Crippen LogP contribution in [0.5, 0.6) is 5.75 Å². The number of benzene rings is 2. The SMILES string of the molecule is C=CC(=O)OCc1cc(C(C)(C)CC(C)(C)C)cc(-n2nc3ccc(Cl)cc3n2)c1O. The molecule has 0 aliphatic heterocycles. The van der Waals surface area contributed by atoms with Crippen LogP contribution in [-0.4, -0.2) is 26.1 Å². The van der Waals surface area contributed by atoms with Gasteiger partial charge >= 0.3 is 5.97 Å². The van der Waals surface area contributed by atoms with E-state index in [4.69, 9.17) is 16.3 Å². The van der Waals surface area contributed by atoms with Crippen LogP contribution in [0.2, 0.25) is 5.02 Å². The topological polar surface area (TPSA) is 77.2 Å². The predicted molar refractivity (Wildman–Crippen MR) is 123 cm³/mol. The zero-order valence-electron chi connectivity index (χ0n) is 18.6. The molecule has 0 aliphatic carbocycles. The number of hydrogen-bond acceptors (Lipinski definition) is 5. The highest BCUT2D eigenvalue weighted by Crippen LogP contribution is 2.40. The predicted octanol–water partition coefficient (Wildman–Crippen LogP) is 5.72. The third-order valence-electron chi connectivity index (χ3n) is 5.02. The number of nitrogens with zero attached hydrogens (tertiary/aromatic N) is 3. The third-order valence-corrected chi connectivity index (χ3v) is 5.25. The molecule has 2 aromatic carbocycles. The first-order valence-corrected chi connectivity index (χ1v) is 10.5. The van der Waals surface area contributed by atoms with Crippen molar-refractivity contribution in [2.45, 2.75) is 53.1 Å². The number of esters is 1. The minimum absolute atomic E-state index is 0.0430. The minimum Gasteiger partial charge on any atom is -0.505 e. The fourth-order valence-corrected chi connectivity index (χ4v) is 4.13. The molecule has 1 N–H and O–H groups in total. The lowest BCUT2D eigenvalue weighted by atomic mass is 9.72. The molecular weight excluding hydrogens is 414 g/mol. The summed E-state index contributed by atoms with van der Waals surface area (Å²) in [5.74, 6) is -0.600. The van der Waals surface area contributed by atoms with Gasteiger partial charge in [-0.3, -0.25) is 0 Å². The average molecular weight is 442 g/mol. The van der Waals surface area contributed by atoms with E-state index in [-0.39, 0.29) is 23.2 Å². The maximum absolute atomic E-state index is 11.6. The molecule has 0 aliphatic rings. The number of fused-ring (bicyclic) bond motifs is 1. The second-order valence-electron chi connectivity index (χ2n) is 9.56. The van der Waals surface area contributed by atoms with Crippen LogP contribution < -0.4 is 0 Å². The molecule has 0 saturated carbocycles. The highest BCUT2D eigenvalue weighted by Gasteiger charge is 2.29. The fraction of sp³-hybridized carbons (Fsp3) is 0.375. The minimum atomic E-state index is -0.558. The van der Waals surface area contributed by atoms with Gasteiger partial charge < -0.3 is 9.84 Å². The number of hydrogen-bond donors (Lipinski definition) is 1. The van der Waals surface area contributed by atoms with E-state index >= 15 is 0 Å². The van der Waals surface area contributed by atoms with Crippen LogP contribution in [0.4, 0.5) is 0 Å². The van der Waals surface area contributed by atoms with Gasteiger partial charge in [-0.2, -0.15) is 0 Å². The molecule has 31 heavy (non-hydrogen) atoms. The summed E-state index contributed by atoms with van der Waals surface area (Å²) >= 11 is 6.08. The van der Waals surface area contributed by atoms with Gasteiger partial charge in [-0.15, -0.1) is 15.0 Å². The first kappa shape index (κ1) is 22.8. The van der Waals surface area contributed by atoms with E-state index in [9.17, 15) is 9.90 Å². The Morgan fingerprint density at radius 2 is 1.84 bits per heavy atom. The number of carbonyl (C=O) groups excluding carboxylic acids is 1. The maximum atomic E-state index is 11.6. The summed E-state index contributed by atoms with van der Waals surface area (Å²) in [7, 11) is 0. The first-order chi connectivity index (χ1) is 14.4. The second-order valence-corrected chi connectivity index (χ2v) is 10.00. The lowest BCUT2D eigenvalue weighted by Gasteiger charge is -2.33. The lowest BCUT2D eigenvalue weighted by Crippen LogP contribution is -2.25. The first-order valence-electron chi connectivity index (χ1n) is 10.1. The van der Waals surface area contributed by atoms with Crippen molar-refractivity contribution in [1.29, 1.82) is 0 Å². The molecule has 0 bridgehead atoms. The summed E-state index contributed by atoms with van der Waals surface area (Å²) in [6.45, 7) is 14.2. The summed E-state index contributed by atoms with van der Waals surface area (Å²) in [6.07, 6.45) is 2.00. The van der Waals surface area contributed by atoms with Crippen molar-refractivity contribution in [3.05, 3.63) is 59.1 Å². The van der Waals surface area contributed by atoms with E-state index < -0.39 is 5.97 Å². The Morgan fingerprint density at radius 1 is 1.16 bits per heavy atom. The van der Waals surface area contributed by atoms with Crippen molar-refractivity contribution < 1.29 is 14.6 Å². The third kappa shape index (κ3) is 5.25. The van der Waals surface area contributed by atoms with Crippen LogP contribution in [0.1, 0.15) is 52.2 Å². The van der Waals surface area contributed by atoms with Gasteiger partial charge in [0.05, 0.1) is 0 Å². The Bertz CT molecular complexity index is 1140. The number of ether oxygens (including phenoxy) is 1. The standard InChI is InChI=1S/C24H28ClN3O3/c1-7-21(29)31-13-15-10-16(24(5,6)14-23(2,3)4)11-20(22(15)30)28-26-18-9-8-17(25)12-19(18)27-28/h7-12,30H,1,13-14H2,2-6H3. The number of aromatic nitrogens is 3. The van der Waals surface area contributed by atoms with Crippen molar-refractivity contribution in [3.8, 4) is 11.4 Å². The van der Waals surface area contributed by atoms with Gasteiger partial charge in [-0.05, 0) is 53.1 Å². The molecular formula is C24H28ClN3O3. The lowest BCUT2D eigenvalue weighted by molar-refractivity contribution is -0.139. The van der Waals surface area contributed by atoms with Gasteiger partial charge in [-0.25, -0.2) is 4.79 Å². The van der Waals surface area contributed by atoms with Gasteiger partial charge in [0.1, 0.15) is 29.1 Å². The number of phenolic OH excluding ortho intramolecular Hbond substituents is 1. The van der Waals surface area contributed by atoms with Crippen molar-refractivity contribution >= 4 is 28.6 Å². The van der Waals surface area contributed by atoms with E-state index in [0.29, 0.717) is 27.3 Å². The Kier molecular flexibility index (Phi) is 6.14.